The fraction of sp³-hybridized carbons (Fsp3) is 0.409. The fourth-order valence-electron chi connectivity index (χ4n) is 3.11. The van der Waals surface area contributed by atoms with Crippen molar-refractivity contribution in [2.24, 2.45) is 0 Å². The number of aromatic nitrogens is 1. The Hall–Kier alpha value is -3.29. The molecule has 0 saturated carbocycles. The SMILES string of the molecule is CCOC(=O)c1c(C)[nH]c(C(=O)COC(=O)CCc2ccc(OC)c(OC)c2)c1C. The van der Waals surface area contributed by atoms with Crippen LogP contribution in [-0.2, 0) is 20.7 Å². The summed E-state index contributed by atoms with van der Waals surface area (Å²) in [5, 5.41) is 0. The summed E-state index contributed by atoms with van der Waals surface area (Å²) in [5.41, 5.74) is 2.47. The van der Waals surface area contributed by atoms with Crippen molar-refractivity contribution < 1.29 is 33.3 Å². The number of hydrogen-bond donors (Lipinski definition) is 1. The first kappa shape index (κ1) is 23.0. The molecule has 1 N–H and O–H groups in total. The maximum atomic E-state index is 12.5. The average Bonchev–Trinajstić information content (AvgIpc) is 3.04. The summed E-state index contributed by atoms with van der Waals surface area (Å²) >= 11 is 0. The van der Waals surface area contributed by atoms with Gasteiger partial charge in [0.25, 0.3) is 0 Å². The Bertz CT molecular complexity index is 930. The van der Waals surface area contributed by atoms with Crippen molar-refractivity contribution in [2.75, 3.05) is 27.4 Å². The Morgan fingerprint density at radius 3 is 2.33 bits per heavy atom. The van der Waals surface area contributed by atoms with E-state index in [2.05, 4.69) is 4.98 Å². The minimum absolute atomic E-state index is 0.111. The van der Waals surface area contributed by atoms with Gasteiger partial charge in [0.1, 0.15) is 0 Å². The largest absolute Gasteiger partial charge is 0.493 e. The standard InChI is InChI=1S/C22H27NO7/c1-6-29-22(26)20-13(2)21(23-14(20)3)16(24)12-30-19(25)10-8-15-7-9-17(27-4)18(11-15)28-5/h7,9,11,23H,6,8,10,12H2,1-5H3. The summed E-state index contributed by atoms with van der Waals surface area (Å²) in [5.74, 6) is -0.216. The van der Waals surface area contributed by atoms with Gasteiger partial charge in [0, 0.05) is 12.1 Å². The molecule has 0 saturated heterocycles. The maximum Gasteiger partial charge on any atom is 0.340 e. The Labute approximate surface area is 175 Å². The lowest BCUT2D eigenvalue weighted by atomic mass is 10.1. The number of H-pyrrole nitrogens is 1. The number of nitrogens with one attached hydrogen (secondary N) is 1. The van der Waals surface area contributed by atoms with Crippen LogP contribution in [0.2, 0.25) is 0 Å². The minimum atomic E-state index is -0.496. The molecule has 30 heavy (non-hydrogen) atoms. The van der Waals surface area contributed by atoms with Crippen LogP contribution in [-0.4, -0.2) is 50.1 Å². The Morgan fingerprint density at radius 2 is 1.70 bits per heavy atom. The third-order valence-corrected chi connectivity index (χ3v) is 4.63. The van der Waals surface area contributed by atoms with E-state index in [9.17, 15) is 14.4 Å². The number of carbonyl (C=O) groups is 3. The van der Waals surface area contributed by atoms with Crippen LogP contribution in [0.3, 0.4) is 0 Å². The highest BCUT2D eigenvalue weighted by Gasteiger charge is 2.23. The number of carbonyl (C=O) groups excluding carboxylic acids is 3. The van der Waals surface area contributed by atoms with E-state index < -0.39 is 24.3 Å². The van der Waals surface area contributed by atoms with Crippen LogP contribution >= 0.6 is 0 Å². The van der Waals surface area contributed by atoms with Gasteiger partial charge >= 0.3 is 11.9 Å². The highest BCUT2D eigenvalue weighted by molar-refractivity contribution is 6.02. The maximum absolute atomic E-state index is 12.5. The number of ether oxygens (including phenoxy) is 4. The first-order valence-corrected chi connectivity index (χ1v) is 9.58. The van der Waals surface area contributed by atoms with E-state index in [0.717, 1.165) is 5.56 Å². The van der Waals surface area contributed by atoms with Crippen molar-refractivity contribution in [1.29, 1.82) is 0 Å². The average molecular weight is 417 g/mol. The Kier molecular flexibility index (Phi) is 8.03. The second-order valence-corrected chi connectivity index (χ2v) is 6.62. The van der Waals surface area contributed by atoms with E-state index >= 15 is 0 Å². The van der Waals surface area contributed by atoms with Gasteiger partial charge in [-0.05, 0) is 50.5 Å². The molecule has 0 bridgehead atoms. The molecule has 0 aliphatic heterocycles. The number of Topliss-reactive ketones (excluding diaryl/α,β-unsaturated/α-hetero) is 1. The number of aromatic amines is 1. The molecular formula is C22H27NO7. The van der Waals surface area contributed by atoms with E-state index in [4.69, 9.17) is 18.9 Å². The second kappa shape index (κ2) is 10.5. The van der Waals surface area contributed by atoms with E-state index in [1.165, 1.54) is 0 Å². The van der Waals surface area contributed by atoms with Crippen LogP contribution in [0.25, 0.3) is 0 Å². The fourth-order valence-corrected chi connectivity index (χ4v) is 3.11. The third-order valence-electron chi connectivity index (χ3n) is 4.63. The van der Waals surface area contributed by atoms with Crippen molar-refractivity contribution in [3.63, 3.8) is 0 Å². The third kappa shape index (κ3) is 5.40. The summed E-state index contributed by atoms with van der Waals surface area (Å²) in [6, 6.07) is 5.39. The quantitative estimate of drug-likeness (QED) is 0.468. The molecule has 0 atom stereocenters. The minimum Gasteiger partial charge on any atom is -0.493 e. The zero-order chi connectivity index (χ0) is 22.3. The van der Waals surface area contributed by atoms with Gasteiger partial charge in [-0.1, -0.05) is 6.07 Å². The van der Waals surface area contributed by atoms with Gasteiger partial charge in [0.15, 0.2) is 18.1 Å². The van der Waals surface area contributed by atoms with Crippen molar-refractivity contribution in [1.82, 2.24) is 4.98 Å². The summed E-state index contributed by atoms with van der Waals surface area (Å²) in [4.78, 5) is 39.4. The highest BCUT2D eigenvalue weighted by atomic mass is 16.5. The number of ketones is 1. The van der Waals surface area contributed by atoms with Crippen molar-refractivity contribution in [3.05, 3.63) is 46.3 Å². The van der Waals surface area contributed by atoms with Crippen LogP contribution in [0, 0.1) is 13.8 Å². The molecule has 0 amide bonds. The van der Waals surface area contributed by atoms with Gasteiger partial charge in [-0.15, -0.1) is 0 Å². The monoisotopic (exact) mass is 417 g/mol. The molecule has 0 spiro atoms. The first-order chi connectivity index (χ1) is 14.3. The van der Waals surface area contributed by atoms with Crippen LogP contribution in [0.4, 0.5) is 0 Å². The summed E-state index contributed by atoms with van der Waals surface area (Å²) in [6.07, 6.45) is 0.542. The molecule has 8 nitrogen and oxygen atoms in total. The van der Waals surface area contributed by atoms with Crippen LogP contribution in [0.5, 0.6) is 11.5 Å². The van der Waals surface area contributed by atoms with Crippen molar-refractivity contribution in [2.45, 2.75) is 33.6 Å². The summed E-state index contributed by atoms with van der Waals surface area (Å²) in [7, 11) is 3.09. The number of rotatable bonds is 10. The number of methoxy groups -OCH3 is 2. The summed E-state index contributed by atoms with van der Waals surface area (Å²) in [6.45, 7) is 4.88. The molecule has 0 fully saturated rings. The van der Waals surface area contributed by atoms with Gasteiger partial charge in [-0.3, -0.25) is 9.59 Å². The lowest BCUT2D eigenvalue weighted by Gasteiger charge is -2.09. The lowest BCUT2D eigenvalue weighted by molar-refractivity contribution is -0.142. The number of esters is 2. The van der Waals surface area contributed by atoms with Crippen molar-refractivity contribution >= 4 is 17.7 Å². The molecule has 1 heterocycles. The normalized spacial score (nSPS) is 10.4. The van der Waals surface area contributed by atoms with Crippen LogP contribution in [0.1, 0.15) is 51.0 Å². The van der Waals surface area contributed by atoms with Gasteiger partial charge in [-0.2, -0.15) is 0 Å². The zero-order valence-corrected chi connectivity index (χ0v) is 17.9. The molecule has 0 aliphatic carbocycles. The molecule has 162 valence electrons. The Balaban J connectivity index is 1.93. The molecule has 0 unspecified atom stereocenters. The van der Waals surface area contributed by atoms with Gasteiger partial charge in [-0.25, -0.2) is 4.79 Å². The zero-order valence-electron chi connectivity index (χ0n) is 17.9. The molecule has 1 aromatic carbocycles. The molecule has 2 aromatic rings. The van der Waals surface area contributed by atoms with Gasteiger partial charge in [0.05, 0.1) is 32.1 Å². The first-order valence-electron chi connectivity index (χ1n) is 9.58. The molecule has 1 aromatic heterocycles. The number of aryl methyl sites for hydroxylation is 2. The van der Waals surface area contributed by atoms with E-state index in [0.29, 0.717) is 34.7 Å². The molecule has 0 aliphatic rings. The predicted octanol–water partition coefficient (Wildman–Crippen LogP) is 3.18. The van der Waals surface area contributed by atoms with E-state index in [1.54, 1.807) is 47.1 Å². The van der Waals surface area contributed by atoms with Crippen LogP contribution in [0.15, 0.2) is 18.2 Å². The molecule has 2 rings (SSSR count). The predicted molar refractivity (Wildman–Crippen MR) is 109 cm³/mol. The number of hydrogen-bond acceptors (Lipinski definition) is 7. The van der Waals surface area contributed by atoms with E-state index in [1.807, 2.05) is 6.07 Å². The Morgan fingerprint density at radius 1 is 1.00 bits per heavy atom. The van der Waals surface area contributed by atoms with E-state index in [-0.39, 0.29) is 18.7 Å². The smallest absolute Gasteiger partial charge is 0.340 e. The number of benzene rings is 1. The second-order valence-electron chi connectivity index (χ2n) is 6.62. The van der Waals surface area contributed by atoms with Gasteiger partial charge < -0.3 is 23.9 Å². The molecular weight excluding hydrogens is 390 g/mol. The van der Waals surface area contributed by atoms with Crippen molar-refractivity contribution in [3.8, 4) is 11.5 Å². The molecule has 0 radical (unpaired) electrons. The summed E-state index contributed by atoms with van der Waals surface area (Å²) < 4.78 is 20.6. The molecule has 8 heteroatoms. The van der Waals surface area contributed by atoms with Crippen LogP contribution < -0.4 is 9.47 Å². The topological polar surface area (TPSA) is 104 Å². The lowest BCUT2D eigenvalue weighted by Crippen LogP contribution is -2.16. The van der Waals surface area contributed by atoms with Gasteiger partial charge in [0.2, 0.25) is 5.78 Å². The highest BCUT2D eigenvalue weighted by Crippen LogP contribution is 2.28.